The minimum absolute atomic E-state index is 0.132. The smallest absolute Gasteiger partial charge is 0.193 e. The Kier molecular flexibility index (Phi) is 3.62. The highest BCUT2D eigenvalue weighted by molar-refractivity contribution is 5.85. The van der Waals surface area contributed by atoms with Crippen molar-refractivity contribution in [1.29, 1.82) is 0 Å². The molecule has 3 N–H and O–H groups in total. The summed E-state index contributed by atoms with van der Waals surface area (Å²) >= 11 is 0. The Hall–Kier alpha value is -3.73. The summed E-state index contributed by atoms with van der Waals surface area (Å²) in [5, 5.41) is 29.4. The van der Waals surface area contributed by atoms with Crippen molar-refractivity contribution < 1.29 is 19.7 Å². The van der Waals surface area contributed by atoms with Crippen LogP contribution in [0, 0.1) is 0 Å². The van der Waals surface area contributed by atoms with Crippen LogP contribution in [-0.4, -0.2) is 15.3 Å². The predicted molar refractivity (Wildman–Crippen MR) is 98.4 cm³/mol. The van der Waals surface area contributed by atoms with Crippen LogP contribution in [0.1, 0.15) is 0 Å². The Morgan fingerprint density at radius 2 is 1.46 bits per heavy atom. The number of aromatic hydroxyl groups is 3. The number of hydrogen-bond acceptors (Lipinski definition) is 5. The largest absolute Gasteiger partial charge is 0.507 e. The second-order valence-corrected chi connectivity index (χ2v) is 5.91. The third-order valence-electron chi connectivity index (χ3n) is 4.20. The van der Waals surface area contributed by atoms with Gasteiger partial charge in [-0.1, -0.05) is 24.3 Å². The van der Waals surface area contributed by atoms with Crippen molar-refractivity contribution in [3.05, 3.63) is 77.0 Å². The molecule has 4 aromatic rings. The number of hydrogen-bond donors (Lipinski definition) is 3. The summed E-state index contributed by atoms with van der Waals surface area (Å²) in [7, 11) is 0. The SMILES string of the molecule is O=c1cc(-c2ccc(O)c(O)c2)oc2ccc(-c3ccccc3O)cc12. The zero-order valence-electron chi connectivity index (χ0n) is 13.5. The molecule has 4 rings (SSSR count). The van der Waals surface area contributed by atoms with Crippen LogP contribution in [0.5, 0.6) is 17.2 Å². The molecule has 0 spiro atoms. The lowest BCUT2D eigenvalue weighted by molar-refractivity contribution is 0.404. The molecular formula is C21H14O5. The summed E-state index contributed by atoms with van der Waals surface area (Å²) in [5.41, 5.74) is 1.95. The molecule has 1 heterocycles. The predicted octanol–water partition coefficient (Wildman–Crippen LogP) is 4.24. The van der Waals surface area contributed by atoms with Gasteiger partial charge in [-0.25, -0.2) is 0 Å². The van der Waals surface area contributed by atoms with Crippen LogP contribution in [0.3, 0.4) is 0 Å². The molecule has 1 aromatic heterocycles. The molecule has 5 heteroatoms. The Morgan fingerprint density at radius 3 is 2.23 bits per heavy atom. The lowest BCUT2D eigenvalue weighted by Gasteiger charge is -2.07. The van der Waals surface area contributed by atoms with Crippen LogP contribution < -0.4 is 5.43 Å². The van der Waals surface area contributed by atoms with E-state index in [9.17, 15) is 20.1 Å². The van der Waals surface area contributed by atoms with E-state index in [0.717, 1.165) is 0 Å². The van der Waals surface area contributed by atoms with Gasteiger partial charge in [0.05, 0.1) is 5.39 Å². The van der Waals surface area contributed by atoms with Crippen LogP contribution in [0.15, 0.2) is 75.9 Å². The molecule has 0 aliphatic rings. The maximum atomic E-state index is 12.6. The van der Waals surface area contributed by atoms with E-state index in [-0.39, 0.29) is 28.4 Å². The second-order valence-electron chi connectivity index (χ2n) is 5.91. The van der Waals surface area contributed by atoms with Crippen LogP contribution in [-0.2, 0) is 0 Å². The van der Waals surface area contributed by atoms with E-state index in [1.807, 2.05) is 6.07 Å². The number of rotatable bonds is 2. The van der Waals surface area contributed by atoms with Gasteiger partial charge in [0.1, 0.15) is 17.1 Å². The standard InChI is InChI=1S/C21H14O5/c22-16-4-2-1-3-14(16)12-6-8-20-15(9-12)18(24)11-21(26-20)13-5-7-17(23)19(25)10-13/h1-11,22-23,25H. The molecule has 0 saturated heterocycles. The maximum Gasteiger partial charge on any atom is 0.193 e. The Balaban J connectivity index is 1.87. The number of phenols is 3. The van der Waals surface area contributed by atoms with Gasteiger partial charge in [0.2, 0.25) is 0 Å². The van der Waals surface area contributed by atoms with Crippen molar-refractivity contribution in [3.8, 4) is 39.7 Å². The minimum Gasteiger partial charge on any atom is -0.507 e. The molecule has 0 radical (unpaired) electrons. The number of phenolic OH excluding ortho intramolecular Hbond substituents is 3. The van der Waals surface area contributed by atoms with Crippen molar-refractivity contribution >= 4 is 11.0 Å². The van der Waals surface area contributed by atoms with Crippen LogP contribution in [0.4, 0.5) is 0 Å². The molecule has 0 unspecified atom stereocenters. The lowest BCUT2D eigenvalue weighted by atomic mass is 10.0. The lowest BCUT2D eigenvalue weighted by Crippen LogP contribution is -2.00. The molecule has 0 aliphatic carbocycles. The number of para-hydroxylation sites is 1. The van der Waals surface area contributed by atoms with Gasteiger partial charge in [-0.2, -0.15) is 0 Å². The summed E-state index contributed by atoms with van der Waals surface area (Å²) in [6.45, 7) is 0. The van der Waals surface area contributed by atoms with Gasteiger partial charge >= 0.3 is 0 Å². The van der Waals surface area contributed by atoms with Crippen molar-refractivity contribution in [3.63, 3.8) is 0 Å². The maximum absolute atomic E-state index is 12.6. The molecule has 0 aliphatic heterocycles. The minimum atomic E-state index is -0.292. The van der Waals surface area contributed by atoms with Gasteiger partial charge in [0.25, 0.3) is 0 Å². The Morgan fingerprint density at radius 1 is 0.692 bits per heavy atom. The van der Waals surface area contributed by atoms with Gasteiger partial charge in [0.15, 0.2) is 16.9 Å². The van der Waals surface area contributed by atoms with Gasteiger partial charge in [-0.3, -0.25) is 4.79 Å². The van der Waals surface area contributed by atoms with Crippen molar-refractivity contribution in [2.75, 3.05) is 0 Å². The fourth-order valence-electron chi connectivity index (χ4n) is 2.86. The van der Waals surface area contributed by atoms with E-state index in [1.165, 1.54) is 18.2 Å². The normalized spacial score (nSPS) is 10.9. The third-order valence-corrected chi connectivity index (χ3v) is 4.20. The molecular weight excluding hydrogens is 332 g/mol. The quantitative estimate of drug-likeness (QED) is 0.472. The molecule has 0 bridgehead atoms. The summed E-state index contributed by atoms with van der Waals surface area (Å²) in [6.07, 6.45) is 0. The van der Waals surface area contributed by atoms with Gasteiger partial charge in [-0.05, 0) is 42.0 Å². The number of fused-ring (bicyclic) bond motifs is 1. The second kappa shape index (κ2) is 5.97. The zero-order valence-corrected chi connectivity index (χ0v) is 13.5. The number of benzene rings is 3. The first-order valence-electron chi connectivity index (χ1n) is 7.91. The fourth-order valence-corrected chi connectivity index (χ4v) is 2.86. The summed E-state index contributed by atoms with van der Waals surface area (Å²) in [4.78, 5) is 12.6. The van der Waals surface area contributed by atoms with Gasteiger partial charge in [0, 0.05) is 17.2 Å². The van der Waals surface area contributed by atoms with E-state index in [2.05, 4.69) is 0 Å². The van der Waals surface area contributed by atoms with Crippen LogP contribution >= 0.6 is 0 Å². The molecule has 3 aromatic carbocycles. The fraction of sp³-hybridized carbons (Fsp3) is 0. The summed E-state index contributed by atoms with van der Waals surface area (Å²) in [6, 6.07) is 17.5. The van der Waals surface area contributed by atoms with Crippen molar-refractivity contribution in [2.24, 2.45) is 0 Å². The van der Waals surface area contributed by atoms with Gasteiger partial charge < -0.3 is 19.7 Å². The molecule has 0 atom stereocenters. The highest BCUT2D eigenvalue weighted by Crippen LogP contribution is 2.33. The zero-order chi connectivity index (χ0) is 18.3. The highest BCUT2D eigenvalue weighted by Gasteiger charge is 2.11. The van der Waals surface area contributed by atoms with E-state index in [4.69, 9.17) is 4.42 Å². The van der Waals surface area contributed by atoms with E-state index >= 15 is 0 Å². The third kappa shape index (κ3) is 2.65. The van der Waals surface area contributed by atoms with Gasteiger partial charge in [-0.15, -0.1) is 0 Å². The average Bonchev–Trinajstić information content (AvgIpc) is 2.64. The first-order valence-corrected chi connectivity index (χ1v) is 7.91. The van der Waals surface area contributed by atoms with Crippen LogP contribution in [0.25, 0.3) is 33.4 Å². The molecule has 0 saturated carbocycles. The topological polar surface area (TPSA) is 90.9 Å². The van der Waals surface area contributed by atoms with Crippen molar-refractivity contribution in [2.45, 2.75) is 0 Å². The van der Waals surface area contributed by atoms with E-state index < -0.39 is 0 Å². The molecule has 128 valence electrons. The average molecular weight is 346 g/mol. The Bertz CT molecular complexity index is 1190. The monoisotopic (exact) mass is 346 g/mol. The summed E-state index contributed by atoms with van der Waals surface area (Å²) in [5.74, 6) is -0.120. The molecule has 26 heavy (non-hydrogen) atoms. The molecule has 5 nitrogen and oxygen atoms in total. The molecule has 0 amide bonds. The van der Waals surface area contributed by atoms with Crippen LogP contribution in [0.2, 0.25) is 0 Å². The van der Waals surface area contributed by atoms with E-state index in [1.54, 1.807) is 42.5 Å². The summed E-state index contributed by atoms with van der Waals surface area (Å²) < 4.78 is 5.79. The Labute approximate surface area is 148 Å². The highest BCUT2D eigenvalue weighted by atomic mass is 16.3. The van der Waals surface area contributed by atoms with Crippen molar-refractivity contribution in [1.82, 2.24) is 0 Å². The first-order chi connectivity index (χ1) is 12.5. The first kappa shape index (κ1) is 15.8. The molecule has 0 fully saturated rings. The van der Waals surface area contributed by atoms with E-state index in [0.29, 0.717) is 27.7 Å².